The first kappa shape index (κ1) is 14.9. The summed E-state index contributed by atoms with van der Waals surface area (Å²) in [5.74, 6) is 0.119. The van der Waals surface area contributed by atoms with Crippen molar-refractivity contribution in [3.63, 3.8) is 0 Å². The summed E-state index contributed by atoms with van der Waals surface area (Å²) in [6.45, 7) is 4.02. The predicted molar refractivity (Wildman–Crippen MR) is 82.3 cm³/mol. The third-order valence-corrected chi connectivity index (χ3v) is 3.03. The molecule has 0 atom stereocenters. The summed E-state index contributed by atoms with van der Waals surface area (Å²) < 4.78 is 5.35. The summed E-state index contributed by atoms with van der Waals surface area (Å²) >= 11 is 0. The fourth-order valence-electron chi connectivity index (χ4n) is 2.05. The molecular formula is C17H19NO3. The van der Waals surface area contributed by atoms with Gasteiger partial charge in [0.2, 0.25) is 0 Å². The summed E-state index contributed by atoms with van der Waals surface area (Å²) in [6.07, 6.45) is -0.431. The van der Waals surface area contributed by atoms with Gasteiger partial charge in [-0.05, 0) is 31.5 Å². The first-order chi connectivity index (χ1) is 10.1. The molecule has 0 saturated carbocycles. The van der Waals surface area contributed by atoms with E-state index < -0.39 is 6.09 Å². The molecule has 0 unspecified atom stereocenters. The maximum atomic E-state index is 12.3. The van der Waals surface area contributed by atoms with Crippen molar-refractivity contribution in [2.75, 3.05) is 4.90 Å². The van der Waals surface area contributed by atoms with Gasteiger partial charge in [0.05, 0.1) is 5.69 Å². The van der Waals surface area contributed by atoms with Gasteiger partial charge in [-0.2, -0.15) is 0 Å². The second-order valence-corrected chi connectivity index (χ2v) is 5.02. The van der Waals surface area contributed by atoms with Crippen LogP contribution in [0.4, 0.5) is 10.5 Å². The molecule has 0 aromatic heterocycles. The molecule has 0 aliphatic heterocycles. The Morgan fingerprint density at radius 3 is 2.48 bits per heavy atom. The molecule has 0 spiro atoms. The predicted octanol–water partition coefficient (Wildman–Crippen LogP) is 3.94. The zero-order valence-corrected chi connectivity index (χ0v) is 12.2. The van der Waals surface area contributed by atoms with E-state index in [-0.39, 0.29) is 18.4 Å². The maximum absolute atomic E-state index is 12.3. The number of phenols is 1. The minimum absolute atomic E-state index is 0.0740. The van der Waals surface area contributed by atoms with Crippen LogP contribution in [-0.4, -0.2) is 17.2 Å². The number of anilines is 1. The standard InChI is InChI=1S/C17H19NO3/c1-13(2)18(15-9-6-10-16(19)11-15)17(20)21-12-14-7-4-3-5-8-14/h3-11,13,19H,12H2,1-2H3. The third kappa shape index (κ3) is 3.99. The molecule has 2 aromatic rings. The van der Waals surface area contributed by atoms with E-state index >= 15 is 0 Å². The van der Waals surface area contributed by atoms with E-state index in [1.807, 2.05) is 44.2 Å². The van der Waals surface area contributed by atoms with Crippen molar-refractivity contribution in [2.24, 2.45) is 0 Å². The normalized spacial score (nSPS) is 10.4. The molecule has 21 heavy (non-hydrogen) atoms. The second kappa shape index (κ2) is 6.79. The summed E-state index contributed by atoms with van der Waals surface area (Å²) in [5, 5.41) is 9.55. The van der Waals surface area contributed by atoms with Gasteiger partial charge in [-0.1, -0.05) is 36.4 Å². The van der Waals surface area contributed by atoms with Crippen LogP contribution in [0.3, 0.4) is 0 Å². The second-order valence-electron chi connectivity index (χ2n) is 5.02. The van der Waals surface area contributed by atoms with E-state index in [0.717, 1.165) is 5.56 Å². The number of amides is 1. The molecule has 1 N–H and O–H groups in total. The van der Waals surface area contributed by atoms with E-state index in [1.165, 1.54) is 4.90 Å². The lowest BCUT2D eigenvalue weighted by atomic mass is 10.2. The van der Waals surface area contributed by atoms with Crippen LogP contribution in [0.15, 0.2) is 54.6 Å². The van der Waals surface area contributed by atoms with Crippen LogP contribution in [0.2, 0.25) is 0 Å². The number of ether oxygens (including phenoxy) is 1. The van der Waals surface area contributed by atoms with Crippen molar-refractivity contribution in [3.05, 3.63) is 60.2 Å². The zero-order chi connectivity index (χ0) is 15.2. The minimum Gasteiger partial charge on any atom is -0.508 e. The Bertz CT molecular complexity index is 596. The molecule has 0 aliphatic carbocycles. The minimum atomic E-state index is -0.431. The van der Waals surface area contributed by atoms with Crippen LogP contribution in [-0.2, 0) is 11.3 Å². The number of aromatic hydroxyl groups is 1. The molecule has 110 valence electrons. The fraction of sp³-hybridized carbons (Fsp3) is 0.235. The van der Waals surface area contributed by atoms with Crippen LogP contribution >= 0.6 is 0 Å². The van der Waals surface area contributed by atoms with Crippen LogP contribution in [0.1, 0.15) is 19.4 Å². The van der Waals surface area contributed by atoms with Crippen molar-refractivity contribution in [1.29, 1.82) is 0 Å². The molecular weight excluding hydrogens is 266 g/mol. The van der Waals surface area contributed by atoms with Gasteiger partial charge in [0.1, 0.15) is 12.4 Å². The highest BCUT2D eigenvalue weighted by Gasteiger charge is 2.20. The summed E-state index contributed by atoms with van der Waals surface area (Å²) in [5.41, 5.74) is 1.55. The lowest BCUT2D eigenvalue weighted by Crippen LogP contribution is -2.37. The average molecular weight is 285 g/mol. The number of carbonyl (C=O) groups excluding carboxylic acids is 1. The number of hydrogen-bond donors (Lipinski definition) is 1. The van der Waals surface area contributed by atoms with Gasteiger partial charge < -0.3 is 9.84 Å². The Morgan fingerprint density at radius 1 is 1.14 bits per heavy atom. The Labute approximate surface area is 124 Å². The van der Waals surface area contributed by atoms with Gasteiger partial charge in [-0.25, -0.2) is 4.79 Å². The lowest BCUT2D eigenvalue weighted by molar-refractivity contribution is 0.145. The SMILES string of the molecule is CC(C)N(C(=O)OCc1ccccc1)c1cccc(O)c1. The topological polar surface area (TPSA) is 49.8 Å². The van der Waals surface area contributed by atoms with Gasteiger partial charge in [-0.15, -0.1) is 0 Å². The van der Waals surface area contributed by atoms with Crippen molar-refractivity contribution >= 4 is 11.8 Å². The summed E-state index contributed by atoms with van der Waals surface area (Å²) in [4.78, 5) is 13.8. The molecule has 1 amide bonds. The molecule has 0 aliphatic rings. The van der Waals surface area contributed by atoms with Crippen molar-refractivity contribution < 1.29 is 14.6 Å². The van der Waals surface area contributed by atoms with E-state index in [9.17, 15) is 9.90 Å². The molecule has 4 heteroatoms. The molecule has 0 radical (unpaired) electrons. The molecule has 2 aromatic carbocycles. The van der Waals surface area contributed by atoms with Crippen LogP contribution in [0, 0.1) is 0 Å². The van der Waals surface area contributed by atoms with Crippen molar-refractivity contribution in [1.82, 2.24) is 0 Å². The van der Waals surface area contributed by atoms with E-state index in [4.69, 9.17) is 4.74 Å². The first-order valence-electron chi connectivity index (χ1n) is 6.87. The molecule has 4 nitrogen and oxygen atoms in total. The number of benzene rings is 2. The van der Waals surface area contributed by atoms with E-state index in [0.29, 0.717) is 5.69 Å². The molecule has 0 fully saturated rings. The van der Waals surface area contributed by atoms with Crippen LogP contribution < -0.4 is 4.90 Å². The molecule has 0 heterocycles. The largest absolute Gasteiger partial charge is 0.508 e. The highest BCUT2D eigenvalue weighted by molar-refractivity contribution is 5.88. The number of hydrogen-bond acceptors (Lipinski definition) is 3. The van der Waals surface area contributed by atoms with Gasteiger partial charge in [0.15, 0.2) is 0 Å². The lowest BCUT2D eigenvalue weighted by Gasteiger charge is -2.26. The van der Waals surface area contributed by atoms with Crippen molar-refractivity contribution in [2.45, 2.75) is 26.5 Å². The van der Waals surface area contributed by atoms with Gasteiger partial charge in [0, 0.05) is 12.1 Å². The molecule has 0 bridgehead atoms. The van der Waals surface area contributed by atoms with E-state index in [2.05, 4.69) is 0 Å². The average Bonchev–Trinajstić information content (AvgIpc) is 2.46. The zero-order valence-electron chi connectivity index (χ0n) is 12.2. The Kier molecular flexibility index (Phi) is 4.82. The fourth-order valence-corrected chi connectivity index (χ4v) is 2.05. The highest BCUT2D eigenvalue weighted by Crippen LogP contribution is 2.23. The number of nitrogens with zero attached hydrogens (tertiary/aromatic N) is 1. The monoisotopic (exact) mass is 285 g/mol. The smallest absolute Gasteiger partial charge is 0.414 e. The highest BCUT2D eigenvalue weighted by atomic mass is 16.6. The molecule has 2 rings (SSSR count). The molecule has 0 saturated heterocycles. The first-order valence-corrected chi connectivity index (χ1v) is 6.87. The number of rotatable bonds is 4. The van der Waals surface area contributed by atoms with Gasteiger partial charge >= 0.3 is 6.09 Å². The summed E-state index contributed by atoms with van der Waals surface area (Å²) in [6, 6.07) is 16.0. The maximum Gasteiger partial charge on any atom is 0.414 e. The number of phenolic OH excluding ortho intramolecular Hbond substituents is 1. The Morgan fingerprint density at radius 2 is 1.86 bits per heavy atom. The van der Waals surface area contributed by atoms with Gasteiger partial charge in [-0.3, -0.25) is 4.90 Å². The van der Waals surface area contributed by atoms with Crippen LogP contribution in [0.25, 0.3) is 0 Å². The summed E-state index contributed by atoms with van der Waals surface area (Å²) in [7, 11) is 0. The Balaban J connectivity index is 2.09. The van der Waals surface area contributed by atoms with Crippen LogP contribution in [0.5, 0.6) is 5.75 Å². The Hall–Kier alpha value is -2.49. The number of carbonyl (C=O) groups is 1. The van der Waals surface area contributed by atoms with Crippen molar-refractivity contribution in [3.8, 4) is 5.75 Å². The quantitative estimate of drug-likeness (QED) is 0.925. The van der Waals surface area contributed by atoms with Gasteiger partial charge in [0.25, 0.3) is 0 Å². The van der Waals surface area contributed by atoms with E-state index in [1.54, 1.807) is 24.3 Å². The third-order valence-electron chi connectivity index (χ3n) is 3.03.